The Labute approximate surface area is 148 Å². The van der Waals surface area contributed by atoms with Gasteiger partial charge in [0.15, 0.2) is 0 Å². The number of nitro benzene ring substituents is 1. The van der Waals surface area contributed by atoms with Crippen LogP contribution in [0.25, 0.3) is 10.9 Å². The van der Waals surface area contributed by atoms with E-state index in [1.807, 2.05) is 19.9 Å². The molecule has 2 aromatic carbocycles. The van der Waals surface area contributed by atoms with E-state index < -0.39 is 16.7 Å². The topological polar surface area (TPSA) is 117 Å². The van der Waals surface area contributed by atoms with Crippen molar-refractivity contribution in [2.24, 2.45) is 0 Å². The zero-order valence-electron chi connectivity index (χ0n) is 14.1. The first-order chi connectivity index (χ1) is 12.4. The highest BCUT2D eigenvalue weighted by Gasteiger charge is 2.15. The van der Waals surface area contributed by atoms with Gasteiger partial charge in [-0.15, -0.1) is 0 Å². The van der Waals surface area contributed by atoms with Crippen LogP contribution in [0.4, 0.5) is 5.69 Å². The number of aryl methyl sites for hydroxylation is 2. The van der Waals surface area contributed by atoms with Crippen molar-refractivity contribution >= 4 is 28.4 Å². The number of rotatable bonds is 3. The predicted molar refractivity (Wildman–Crippen MR) is 95.8 cm³/mol. The van der Waals surface area contributed by atoms with Crippen LogP contribution in [0.15, 0.2) is 42.5 Å². The van der Waals surface area contributed by atoms with Gasteiger partial charge in [0, 0.05) is 28.8 Å². The number of aromatic amines is 1. The molecule has 0 atom stereocenters. The fourth-order valence-electron chi connectivity index (χ4n) is 2.66. The first kappa shape index (κ1) is 17.2. The molecule has 0 bridgehead atoms. The Balaban J connectivity index is 1.74. The lowest BCUT2D eigenvalue weighted by molar-refractivity contribution is -0.384. The van der Waals surface area contributed by atoms with Crippen LogP contribution < -0.4 is 10.9 Å². The highest BCUT2D eigenvalue weighted by Crippen LogP contribution is 2.24. The molecule has 132 valence electrons. The average molecular weight is 352 g/mol. The number of hydrogen-bond donors (Lipinski definition) is 3. The van der Waals surface area contributed by atoms with E-state index in [0.717, 1.165) is 16.6 Å². The van der Waals surface area contributed by atoms with Crippen molar-refractivity contribution in [2.45, 2.75) is 13.8 Å². The standard InChI is InChI=1S/C18H16N4O4/c1-10-11(2)19-16-14(10)4-3-5-15(16)18(24)21-20-17(23)12-6-8-13(9-7-12)22(25)26/h3-9,19H,1-2H3,(H,20,23)(H,21,24). The monoisotopic (exact) mass is 352 g/mol. The average Bonchev–Trinajstić information content (AvgIpc) is 2.93. The van der Waals surface area contributed by atoms with Gasteiger partial charge in [-0.3, -0.25) is 30.6 Å². The SMILES string of the molecule is Cc1[nH]c2c(C(=O)NNC(=O)c3ccc([N+](=O)[O-])cc3)cccc2c1C. The molecule has 0 saturated heterocycles. The fraction of sp³-hybridized carbons (Fsp3) is 0.111. The van der Waals surface area contributed by atoms with Gasteiger partial charge < -0.3 is 4.98 Å². The van der Waals surface area contributed by atoms with Crippen molar-refractivity contribution < 1.29 is 14.5 Å². The molecule has 3 N–H and O–H groups in total. The van der Waals surface area contributed by atoms with Gasteiger partial charge in [-0.05, 0) is 37.6 Å². The number of nitrogens with zero attached hydrogens (tertiary/aromatic N) is 1. The maximum absolute atomic E-state index is 12.4. The molecule has 8 heteroatoms. The lowest BCUT2D eigenvalue weighted by atomic mass is 10.1. The third-order valence-corrected chi connectivity index (χ3v) is 4.22. The molecule has 1 heterocycles. The molecule has 8 nitrogen and oxygen atoms in total. The number of hydrogen-bond acceptors (Lipinski definition) is 4. The van der Waals surface area contributed by atoms with Crippen LogP contribution in [0.2, 0.25) is 0 Å². The molecule has 2 amide bonds. The number of fused-ring (bicyclic) bond motifs is 1. The maximum atomic E-state index is 12.4. The summed E-state index contributed by atoms with van der Waals surface area (Å²) in [7, 11) is 0. The van der Waals surface area contributed by atoms with Crippen LogP contribution in [-0.4, -0.2) is 21.7 Å². The lowest BCUT2D eigenvalue weighted by Crippen LogP contribution is -2.41. The minimum Gasteiger partial charge on any atom is -0.358 e. The van der Waals surface area contributed by atoms with Gasteiger partial charge in [0.05, 0.1) is 16.0 Å². The fourth-order valence-corrected chi connectivity index (χ4v) is 2.66. The maximum Gasteiger partial charge on any atom is 0.271 e. The van der Waals surface area contributed by atoms with Gasteiger partial charge in [0.2, 0.25) is 0 Å². The molecule has 3 aromatic rings. The third kappa shape index (κ3) is 3.12. The van der Waals surface area contributed by atoms with E-state index >= 15 is 0 Å². The van der Waals surface area contributed by atoms with E-state index in [4.69, 9.17) is 0 Å². The first-order valence-corrected chi connectivity index (χ1v) is 7.81. The van der Waals surface area contributed by atoms with Crippen molar-refractivity contribution in [3.8, 4) is 0 Å². The molecule has 1 aromatic heterocycles. The number of hydrazine groups is 1. The van der Waals surface area contributed by atoms with E-state index in [2.05, 4.69) is 15.8 Å². The minimum absolute atomic E-state index is 0.116. The number of amides is 2. The Hall–Kier alpha value is -3.68. The second-order valence-corrected chi connectivity index (χ2v) is 5.82. The molecule has 0 fully saturated rings. The van der Waals surface area contributed by atoms with E-state index in [1.54, 1.807) is 12.1 Å². The highest BCUT2D eigenvalue weighted by atomic mass is 16.6. The normalized spacial score (nSPS) is 10.5. The molecule has 26 heavy (non-hydrogen) atoms. The third-order valence-electron chi connectivity index (χ3n) is 4.22. The van der Waals surface area contributed by atoms with Gasteiger partial charge in [0.25, 0.3) is 17.5 Å². The van der Waals surface area contributed by atoms with E-state index in [9.17, 15) is 19.7 Å². The number of aromatic nitrogens is 1. The number of H-pyrrole nitrogens is 1. The van der Waals surface area contributed by atoms with Crippen LogP contribution in [0.3, 0.4) is 0 Å². The molecule has 0 saturated carbocycles. The quantitative estimate of drug-likeness (QED) is 0.496. The molecule has 0 aliphatic rings. The highest BCUT2D eigenvalue weighted by molar-refractivity contribution is 6.07. The number of para-hydroxylation sites is 1. The smallest absolute Gasteiger partial charge is 0.271 e. The van der Waals surface area contributed by atoms with Gasteiger partial charge >= 0.3 is 0 Å². The Bertz CT molecular complexity index is 1020. The molecule has 0 radical (unpaired) electrons. The molecule has 3 rings (SSSR count). The lowest BCUT2D eigenvalue weighted by Gasteiger charge is -2.08. The van der Waals surface area contributed by atoms with Crippen molar-refractivity contribution in [3.63, 3.8) is 0 Å². The summed E-state index contributed by atoms with van der Waals surface area (Å²) in [5, 5.41) is 11.6. The number of non-ortho nitro benzene ring substituents is 1. The summed E-state index contributed by atoms with van der Waals surface area (Å²) in [5.41, 5.74) is 7.88. The van der Waals surface area contributed by atoms with Gasteiger partial charge in [0.1, 0.15) is 0 Å². The van der Waals surface area contributed by atoms with Gasteiger partial charge in [-0.2, -0.15) is 0 Å². The second kappa shape index (κ2) is 6.67. The summed E-state index contributed by atoms with van der Waals surface area (Å²) < 4.78 is 0. The molecule has 0 spiro atoms. The number of carbonyl (C=O) groups excluding carboxylic acids is 2. The number of nitrogens with one attached hydrogen (secondary N) is 3. The Morgan fingerprint density at radius 3 is 2.31 bits per heavy atom. The molecular weight excluding hydrogens is 336 g/mol. The van der Waals surface area contributed by atoms with Crippen LogP contribution in [0.5, 0.6) is 0 Å². The van der Waals surface area contributed by atoms with E-state index in [1.165, 1.54) is 24.3 Å². The zero-order chi connectivity index (χ0) is 18.8. The van der Waals surface area contributed by atoms with Crippen molar-refractivity contribution in [3.05, 3.63) is 75.0 Å². The molecule has 0 aliphatic carbocycles. The van der Waals surface area contributed by atoms with E-state index in [0.29, 0.717) is 11.1 Å². The summed E-state index contributed by atoms with van der Waals surface area (Å²) in [6.45, 7) is 3.89. The molecule has 0 aliphatic heterocycles. The molecular formula is C18H16N4O4. The minimum atomic E-state index is -0.570. The number of carbonyl (C=O) groups is 2. The van der Waals surface area contributed by atoms with Crippen molar-refractivity contribution in [1.29, 1.82) is 0 Å². The van der Waals surface area contributed by atoms with Crippen LogP contribution in [0, 0.1) is 24.0 Å². The van der Waals surface area contributed by atoms with Gasteiger partial charge in [-0.25, -0.2) is 0 Å². The summed E-state index contributed by atoms with van der Waals surface area (Å²) in [6, 6.07) is 10.4. The predicted octanol–water partition coefficient (Wildman–Crippen LogP) is 2.77. The Morgan fingerprint density at radius 2 is 1.65 bits per heavy atom. The number of benzene rings is 2. The zero-order valence-corrected chi connectivity index (χ0v) is 14.1. The Morgan fingerprint density at radius 1 is 1.00 bits per heavy atom. The number of nitro groups is 1. The summed E-state index contributed by atoms with van der Waals surface area (Å²) in [5.74, 6) is -1.04. The van der Waals surface area contributed by atoms with Crippen LogP contribution in [0.1, 0.15) is 32.0 Å². The Kier molecular flexibility index (Phi) is 4.40. The first-order valence-electron chi connectivity index (χ1n) is 7.81. The van der Waals surface area contributed by atoms with Crippen molar-refractivity contribution in [1.82, 2.24) is 15.8 Å². The van der Waals surface area contributed by atoms with Crippen molar-refractivity contribution in [2.75, 3.05) is 0 Å². The summed E-state index contributed by atoms with van der Waals surface area (Å²) >= 11 is 0. The van der Waals surface area contributed by atoms with Gasteiger partial charge in [-0.1, -0.05) is 12.1 Å². The van der Waals surface area contributed by atoms with Crippen LogP contribution in [-0.2, 0) is 0 Å². The summed E-state index contributed by atoms with van der Waals surface area (Å²) in [6.07, 6.45) is 0. The molecule has 0 unspecified atom stereocenters. The van der Waals surface area contributed by atoms with Crippen LogP contribution >= 0.6 is 0 Å². The second-order valence-electron chi connectivity index (χ2n) is 5.82. The largest absolute Gasteiger partial charge is 0.358 e. The summed E-state index contributed by atoms with van der Waals surface area (Å²) in [4.78, 5) is 37.8. The van der Waals surface area contributed by atoms with E-state index in [-0.39, 0.29) is 11.3 Å².